The third-order valence-corrected chi connectivity index (χ3v) is 7.64. The van der Waals surface area contributed by atoms with E-state index in [9.17, 15) is 14.7 Å². The van der Waals surface area contributed by atoms with Crippen LogP contribution in [-0.2, 0) is 29.0 Å². The van der Waals surface area contributed by atoms with Crippen LogP contribution in [0, 0.1) is 0 Å². The van der Waals surface area contributed by atoms with E-state index in [0.29, 0.717) is 30.9 Å². The van der Waals surface area contributed by atoms with E-state index in [1.54, 1.807) is 11.0 Å². The highest BCUT2D eigenvalue weighted by Gasteiger charge is 2.46. The zero-order chi connectivity index (χ0) is 28.3. The standard InChI is InChI=1S/C35H31NO5/c1-23-20-28-21-27(14-17-30(28)41-23)33(37)31-32(36(35(39)34(31)38)19-18-24-8-4-2-5-9-24)26-12-15-29(16-13-26)40-22-25-10-6-3-7-11-25/h2-17,21,23,32,37H,18-20,22H2,1H3/b33-31+/t23-,32-/m0/s1. The summed E-state index contributed by atoms with van der Waals surface area (Å²) in [5, 5.41) is 11.5. The molecule has 0 unspecified atom stereocenters. The summed E-state index contributed by atoms with van der Waals surface area (Å²) in [5.74, 6) is -0.0287. The van der Waals surface area contributed by atoms with E-state index in [-0.39, 0.29) is 17.4 Å². The maximum absolute atomic E-state index is 13.5. The maximum atomic E-state index is 13.5. The Bertz CT molecular complexity index is 1600. The van der Waals surface area contributed by atoms with Gasteiger partial charge in [-0.3, -0.25) is 9.59 Å². The first-order valence-electron chi connectivity index (χ1n) is 13.9. The number of likely N-dealkylation sites (tertiary alicyclic amines) is 1. The molecule has 2 aliphatic rings. The van der Waals surface area contributed by atoms with Crippen molar-refractivity contribution in [2.75, 3.05) is 6.54 Å². The van der Waals surface area contributed by atoms with Gasteiger partial charge in [-0.25, -0.2) is 0 Å². The molecule has 2 heterocycles. The van der Waals surface area contributed by atoms with Crippen LogP contribution in [0.3, 0.4) is 0 Å². The van der Waals surface area contributed by atoms with E-state index in [1.165, 1.54) is 0 Å². The van der Waals surface area contributed by atoms with Gasteiger partial charge in [0.2, 0.25) is 0 Å². The van der Waals surface area contributed by atoms with Crippen molar-refractivity contribution in [3.05, 3.63) is 137 Å². The Morgan fingerprint density at radius 2 is 1.59 bits per heavy atom. The first-order valence-corrected chi connectivity index (χ1v) is 13.9. The molecule has 1 fully saturated rings. The van der Waals surface area contributed by atoms with Crippen molar-refractivity contribution in [2.24, 2.45) is 0 Å². The van der Waals surface area contributed by atoms with Crippen LogP contribution in [-0.4, -0.2) is 34.3 Å². The van der Waals surface area contributed by atoms with Crippen molar-refractivity contribution >= 4 is 17.4 Å². The Labute approximate surface area is 239 Å². The Morgan fingerprint density at radius 3 is 2.29 bits per heavy atom. The molecule has 1 amide bonds. The minimum Gasteiger partial charge on any atom is -0.507 e. The fourth-order valence-electron chi connectivity index (χ4n) is 5.56. The molecule has 0 saturated carbocycles. The van der Waals surface area contributed by atoms with Crippen LogP contribution < -0.4 is 9.47 Å². The van der Waals surface area contributed by atoms with Crippen LogP contribution in [0.2, 0.25) is 0 Å². The lowest BCUT2D eigenvalue weighted by molar-refractivity contribution is -0.139. The molecule has 1 N–H and O–H groups in total. The number of aliphatic hydroxyl groups excluding tert-OH is 1. The number of ether oxygens (including phenoxy) is 2. The Hall–Kier alpha value is -4.84. The average Bonchev–Trinajstić information content (AvgIpc) is 3.50. The number of hydrogen-bond donors (Lipinski definition) is 1. The van der Waals surface area contributed by atoms with Crippen molar-refractivity contribution in [3.63, 3.8) is 0 Å². The number of fused-ring (bicyclic) bond motifs is 1. The van der Waals surface area contributed by atoms with E-state index in [0.717, 1.165) is 34.4 Å². The largest absolute Gasteiger partial charge is 0.507 e. The van der Waals surface area contributed by atoms with Crippen molar-refractivity contribution in [1.82, 2.24) is 4.90 Å². The Morgan fingerprint density at radius 1 is 0.902 bits per heavy atom. The third kappa shape index (κ3) is 5.46. The number of hydrogen-bond acceptors (Lipinski definition) is 5. The number of ketones is 1. The summed E-state index contributed by atoms with van der Waals surface area (Å²) in [6, 6.07) is 31.8. The Kier molecular flexibility index (Phi) is 7.30. The predicted octanol–water partition coefficient (Wildman–Crippen LogP) is 6.25. The molecule has 0 aliphatic carbocycles. The lowest BCUT2D eigenvalue weighted by Gasteiger charge is -2.25. The lowest BCUT2D eigenvalue weighted by atomic mass is 9.94. The van der Waals surface area contributed by atoms with Crippen LogP contribution >= 0.6 is 0 Å². The van der Waals surface area contributed by atoms with Gasteiger partial charge in [-0.2, -0.15) is 0 Å². The van der Waals surface area contributed by atoms with Gasteiger partial charge in [-0.15, -0.1) is 0 Å². The highest BCUT2D eigenvalue weighted by atomic mass is 16.5. The fourth-order valence-corrected chi connectivity index (χ4v) is 5.56. The molecule has 2 aliphatic heterocycles. The van der Waals surface area contributed by atoms with E-state index in [2.05, 4.69) is 0 Å². The van der Waals surface area contributed by atoms with E-state index in [4.69, 9.17) is 9.47 Å². The monoisotopic (exact) mass is 545 g/mol. The molecule has 0 bridgehead atoms. The topological polar surface area (TPSA) is 76.1 Å². The molecular formula is C35H31NO5. The molecule has 4 aromatic rings. The van der Waals surface area contributed by atoms with E-state index >= 15 is 0 Å². The number of Topliss-reactive ketones (excluding diaryl/α,β-unsaturated/α-hetero) is 1. The zero-order valence-corrected chi connectivity index (χ0v) is 22.8. The second kappa shape index (κ2) is 11.3. The molecule has 6 nitrogen and oxygen atoms in total. The molecule has 2 atom stereocenters. The molecule has 1 saturated heterocycles. The number of carbonyl (C=O) groups excluding carboxylic acids is 2. The van der Waals surface area contributed by atoms with Gasteiger partial charge in [-0.1, -0.05) is 72.8 Å². The summed E-state index contributed by atoms with van der Waals surface area (Å²) in [4.78, 5) is 28.4. The first kappa shape index (κ1) is 26.4. The molecule has 0 radical (unpaired) electrons. The number of rotatable bonds is 8. The minimum absolute atomic E-state index is 0.0496. The van der Waals surface area contributed by atoms with Gasteiger partial charge < -0.3 is 19.5 Å². The number of nitrogens with zero attached hydrogens (tertiary/aromatic N) is 1. The lowest BCUT2D eigenvalue weighted by Crippen LogP contribution is -2.31. The van der Waals surface area contributed by atoms with Crippen LogP contribution in [0.15, 0.2) is 109 Å². The first-order chi connectivity index (χ1) is 20.0. The predicted molar refractivity (Wildman–Crippen MR) is 157 cm³/mol. The maximum Gasteiger partial charge on any atom is 0.295 e. The van der Waals surface area contributed by atoms with Gasteiger partial charge in [0.25, 0.3) is 11.7 Å². The molecule has 0 spiro atoms. The van der Waals surface area contributed by atoms with Crippen molar-refractivity contribution in [1.29, 1.82) is 0 Å². The molecular weight excluding hydrogens is 514 g/mol. The summed E-state index contributed by atoms with van der Waals surface area (Å²) < 4.78 is 11.8. The number of amides is 1. The van der Waals surface area contributed by atoms with Gasteiger partial charge in [-0.05, 0) is 65.9 Å². The molecule has 6 rings (SSSR count). The summed E-state index contributed by atoms with van der Waals surface area (Å²) in [6.45, 7) is 2.75. The third-order valence-electron chi connectivity index (χ3n) is 7.64. The van der Waals surface area contributed by atoms with Crippen molar-refractivity contribution in [2.45, 2.75) is 38.5 Å². The van der Waals surface area contributed by atoms with Gasteiger partial charge in [0.05, 0.1) is 11.6 Å². The summed E-state index contributed by atoms with van der Waals surface area (Å²) in [5.41, 5.74) is 4.40. The number of benzene rings is 4. The highest BCUT2D eigenvalue weighted by Crippen LogP contribution is 2.41. The molecule has 4 aromatic carbocycles. The van der Waals surface area contributed by atoms with E-state index in [1.807, 2.05) is 104 Å². The van der Waals surface area contributed by atoms with Crippen LogP contribution in [0.25, 0.3) is 5.76 Å². The van der Waals surface area contributed by atoms with Crippen molar-refractivity contribution in [3.8, 4) is 11.5 Å². The van der Waals surface area contributed by atoms with Gasteiger partial charge in [0.1, 0.15) is 30.0 Å². The fraction of sp³-hybridized carbons (Fsp3) is 0.200. The smallest absolute Gasteiger partial charge is 0.295 e. The van der Waals surface area contributed by atoms with Crippen molar-refractivity contribution < 1.29 is 24.2 Å². The van der Waals surface area contributed by atoms with Crippen LogP contribution in [0.1, 0.15) is 40.8 Å². The quantitative estimate of drug-likeness (QED) is 0.161. The average molecular weight is 546 g/mol. The minimum atomic E-state index is -0.731. The number of aliphatic hydroxyl groups is 1. The summed E-state index contributed by atoms with van der Waals surface area (Å²) >= 11 is 0. The van der Waals surface area contributed by atoms with E-state index < -0.39 is 17.7 Å². The van der Waals surface area contributed by atoms with Crippen LogP contribution in [0.5, 0.6) is 11.5 Å². The SMILES string of the molecule is C[C@H]1Cc2cc(/C(O)=C3\C(=O)C(=O)N(CCc4ccccc4)[C@H]3c3ccc(OCc4ccccc4)cc3)ccc2O1. The molecule has 0 aromatic heterocycles. The molecule has 206 valence electrons. The summed E-state index contributed by atoms with van der Waals surface area (Å²) in [7, 11) is 0. The molecule has 6 heteroatoms. The normalized spacial score (nSPS) is 19.2. The number of carbonyl (C=O) groups is 2. The van der Waals surface area contributed by atoms with Gasteiger partial charge in [0.15, 0.2) is 0 Å². The highest BCUT2D eigenvalue weighted by molar-refractivity contribution is 6.46. The van der Waals surface area contributed by atoms with Gasteiger partial charge >= 0.3 is 0 Å². The zero-order valence-electron chi connectivity index (χ0n) is 22.8. The Balaban J connectivity index is 1.34. The second-order valence-corrected chi connectivity index (χ2v) is 10.5. The van der Waals surface area contributed by atoms with Gasteiger partial charge in [0, 0.05) is 18.5 Å². The van der Waals surface area contributed by atoms with Crippen LogP contribution in [0.4, 0.5) is 0 Å². The second-order valence-electron chi connectivity index (χ2n) is 10.5. The summed E-state index contributed by atoms with van der Waals surface area (Å²) in [6.07, 6.45) is 1.35. The molecule has 41 heavy (non-hydrogen) atoms.